The first-order chi connectivity index (χ1) is 16.7. The molecule has 0 saturated carbocycles. The number of para-hydroxylation sites is 2. The zero-order chi connectivity index (χ0) is 22.8. The first kappa shape index (κ1) is 20.1. The minimum atomic E-state index is 1.07. The lowest BCUT2D eigenvalue weighted by atomic mass is 9.88. The van der Waals surface area contributed by atoms with E-state index in [0.717, 1.165) is 25.5 Å². The Bertz CT molecular complexity index is 1860. The minimum absolute atomic E-state index is 1.07. The fourth-order valence-electron chi connectivity index (χ4n) is 5.24. The smallest absolute Gasteiger partial charge is 0.0573 e. The molecule has 0 unspecified atom stereocenters. The molecule has 2 nitrogen and oxygen atoms in total. The zero-order valence-electron chi connectivity index (χ0n) is 18.0. The Hall–Kier alpha value is -3.34. The highest BCUT2D eigenvalue weighted by Crippen LogP contribution is 2.48. The maximum atomic E-state index is 3.78. The van der Waals surface area contributed by atoms with E-state index in [0.29, 0.717) is 0 Å². The Morgan fingerprint density at radius 1 is 0.441 bits per heavy atom. The highest BCUT2D eigenvalue weighted by Gasteiger charge is 2.23. The average Bonchev–Trinajstić information content (AvgIpc) is 3.43. The van der Waals surface area contributed by atoms with E-state index in [4.69, 9.17) is 0 Å². The summed E-state index contributed by atoms with van der Waals surface area (Å²) in [6.45, 7) is 0. The van der Waals surface area contributed by atoms with Gasteiger partial charge in [0.2, 0.25) is 0 Å². The summed E-state index contributed by atoms with van der Waals surface area (Å²) in [6, 6.07) is 34.5. The van der Waals surface area contributed by atoms with Crippen molar-refractivity contribution in [2.45, 2.75) is 0 Å². The van der Waals surface area contributed by atoms with Gasteiger partial charge in [0.1, 0.15) is 0 Å². The number of hydrogen-bond acceptors (Lipinski definition) is 0. The van der Waals surface area contributed by atoms with E-state index >= 15 is 0 Å². The second kappa shape index (κ2) is 7.59. The van der Waals surface area contributed by atoms with Crippen molar-refractivity contribution in [2.75, 3.05) is 0 Å². The van der Waals surface area contributed by atoms with Crippen molar-refractivity contribution in [3.8, 4) is 22.3 Å². The number of fused-ring (bicyclic) bond motifs is 7. The Balaban J connectivity index is 1.80. The van der Waals surface area contributed by atoms with Crippen molar-refractivity contribution in [1.29, 1.82) is 0 Å². The molecule has 34 heavy (non-hydrogen) atoms. The molecule has 0 aliphatic carbocycles. The normalized spacial score (nSPS) is 11.8. The van der Waals surface area contributed by atoms with Gasteiger partial charge in [0.05, 0.1) is 11.0 Å². The summed E-state index contributed by atoms with van der Waals surface area (Å²) in [5, 5.41) is 4.96. The predicted molar refractivity (Wildman–Crippen MR) is 151 cm³/mol. The molecule has 0 saturated heterocycles. The first-order valence-corrected chi connectivity index (χ1v) is 12.8. The Morgan fingerprint density at radius 2 is 0.912 bits per heavy atom. The lowest BCUT2D eigenvalue weighted by molar-refractivity contribution is 1.52. The molecule has 0 spiro atoms. The summed E-state index contributed by atoms with van der Waals surface area (Å²) in [6.07, 6.45) is 0. The van der Waals surface area contributed by atoms with E-state index in [9.17, 15) is 0 Å². The van der Waals surface area contributed by atoms with Crippen LogP contribution in [0.1, 0.15) is 0 Å². The van der Waals surface area contributed by atoms with Crippen LogP contribution in [0.4, 0.5) is 0 Å². The molecule has 0 bridgehead atoms. The SMILES string of the molecule is Brc1ccc(-c2c(-c3ccc(Br)cc3)c3c4ccccc4[nH]c3c3c2[nH]c2ccccc23)cc1. The standard InChI is InChI=1S/C30H18Br2N2/c31-19-13-9-17(10-14-19)25-26(18-11-15-20(32)16-12-18)29-28(22-6-2-4-8-24(22)33-29)30-27(25)21-5-1-3-7-23(21)34-30/h1-16,33-34H. The quantitative estimate of drug-likeness (QED) is 0.209. The summed E-state index contributed by atoms with van der Waals surface area (Å²) in [5.41, 5.74) is 9.45. The molecule has 0 amide bonds. The molecule has 162 valence electrons. The maximum absolute atomic E-state index is 3.78. The summed E-state index contributed by atoms with van der Waals surface area (Å²) >= 11 is 7.23. The Morgan fingerprint density at radius 3 is 1.50 bits per heavy atom. The van der Waals surface area contributed by atoms with Crippen LogP contribution in [0.25, 0.3) is 65.9 Å². The van der Waals surface area contributed by atoms with Crippen molar-refractivity contribution >= 4 is 75.5 Å². The zero-order valence-corrected chi connectivity index (χ0v) is 21.2. The van der Waals surface area contributed by atoms with Crippen LogP contribution >= 0.6 is 31.9 Å². The van der Waals surface area contributed by atoms with E-state index < -0.39 is 0 Å². The van der Waals surface area contributed by atoms with Gasteiger partial charge >= 0.3 is 0 Å². The largest absolute Gasteiger partial charge is 0.354 e. The molecule has 0 aliphatic heterocycles. The van der Waals surface area contributed by atoms with Gasteiger partial charge in [0, 0.05) is 52.7 Å². The number of aromatic nitrogens is 2. The van der Waals surface area contributed by atoms with Gasteiger partial charge in [-0.05, 0) is 47.5 Å². The number of aromatic amines is 2. The third-order valence-electron chi connectivity index (χ3n) is 6.68. The maximum Gasteiger partial charge on any atom is 0.0573 e. The third kappa shape index (κ3) is 2.92. The number of halogens is 2. The first-order valence-electron chi connectivity index (χ1n) is 11.2. The van der Waals surface area contributed by atoms with Crippen LogP contribution < -0.4 is 0 Å². The van der Waals surface area contributed by atoms with Crippen molar-refractivity contribution in [3.05, 3.63) is 106 Å². The van der Waals surface area contributed by atoms with Crippen LogP contribution in [0.2, 0.25) is 0 Å². The van der Waals surface area contributed by atoms with Crippen LogP contribution in [0, 0.1) is 0 Å². The van der Waals surface area contributed by atoms with E-state index in [-0.39, 0.29) is 0 Å². The van der Waals surface area contributed by atoms with Gasteiger partial charge in [-0.25, -0.2) is 0 Å². The van der Waals surface area contributed by atoms with Crippen LogP contribution in [-0.2, 0) is 0 Å². The van der Waals surface area contributed by atoms with Gasteiger partial charge in [-0.3, -0.25) is 0 Å². The van der Waals surface area contributed by atoms with Gasteiger partial charge in [-0.15, -0.1) is 0 Å². The van der Waals surface area contributed by atoms with Gasteiger partial charge in [0.15, 0.2) is 0 Å². The van der Waals surface area contributed by atoms with Crippen molar-refractivity contribution < 1.29 is 0 Å². The van der Waals surface area contributed by atoms with Crippen LogP contribution in [0.5, 0.6) is 0 Å². The lowest BCUT2D eigenvalue weighted by Crippen LogP contribution is -1.90. The second-order valence-electron chi connectivity index (χ2n) is 8.60. The average molecular weight is 566 g/mol. The number of benzene rings is 5. The minimum Gasteiger partial charge on any atom is -0.354 e. The van der Waals surface area contributed by atoms with Crippen molar-refractivity contribution in [3.63, 3.8) is 0 Å². The van der Waals surface area contributed by atoms with Crippen LogP contribution in [0.3, 0.4) is 0 Å². The summed E-state index contributed by atoms with van der Waals surface area (Å²) in [4.78, 5) is 7.55. The molecule has 2 heterocycles. The molecule has 7 rings (SSSR count). The van der Waals surface area contributed by atoms with E-state index in [2.05, 4.69) is 139 Å². The van der Waals surface area contributed by atoms with E-state index in [1.807, 2.05) is 0 Å². The molecule has 0 radical (unpaired) electrons. The fraction of sp³-hybridized carbons (Fsp3) is 0. The molecule has 2 N–H and O–H groups in total. The monoisotopic (exact) mass is 564 g/mol. The molecule has 7 aromatic rings. The number of rotatable bonds is 2. The highest BCUT2D eigenvalue weighted by atomic mass is 79.9. The van der Waals surface area contributed by atoms with Crippen LogP contribution in [-0.4, -0.2) is 9.97 Å². The Kier molecular flexibility index (Phi) is 4.48. The Labute approximate surface area is 212 Å². The third-order valence-corrected chi connectivity index (χ3v) is 7.74. The number of hydrogen-bond donors (Lipinski definition) is 2. The summed E-state index contributed by atoms with van der Waals surface area (Å²) in [7, 11) is 0. The summed E-state index contributed by atoms with van der Waals surface area (Å²) < 4.78 is 2.14. The number of nitrogens with one attached hydrogen (secondary N) is 2. The molecule has 5 aromatic carbocycles. The number of H-pyrrole nitrogens is 2. The van der Waals surface area contributed by atoms with E-state index in [1.54, 1.807) is 0 Å². The van der Waals surface area contributed by atoms with Gasteiger partial charge in [-0.2, -0.15) is 0 Å². The van der Waals surface area contributed by atoms with Crippen LogP contribution in [0.15, 0.2) is 106 Å². The van der Waals surface area contributed by atoms with Gasteiger partial charge in [0.25, 0.3) is 0 Å². The van der Waals surface area contributed by atoms with E-state index in [1.165, 1.54) is 49.3 Å². The van der Waals surface area contributed by atoms with Gasteiger partial charge in [-0.1, -0.05) is 92.5 Å². The predicted octanol–water partition coefficient (Wildman–Crippen LogP) is 9.81. The molecule has 4 heteroatoms. The lowest BCUT2D eigenvalue weighted by Gasteiger charge is -2.15. The van der Waals surface area contributed by atoms with Crippen molar-refractivity contribution in [2.24, 2.45) is 0 Å². The topological polar surface area (TPSA) is 31.6 Å². The molecular weight excluding hydrogens is 548 g/mol. The molecule has 0 atom stereocenters. The molecular formula is C30H18Br2N2. The van der Waals surface area contributed by atoms with Crippen molar-refractivity contribution in [1.82, 2.24) is 9.97 Å². The fourth-order valence-corrected chi connectivity index (χ4v) is 5.77. The highest BCUT2D eigenvalue weighted by molar-refractivity contribution is 9.10. The molecule has 2 aromatic heterocycles. The van der Waals surface area contributed by atoms with Gasteiger partial charge < -0.3 is 9.97 Å². The molecule has 0 fully saturated rings. The second-order valence-corrected chi connectivity index (χ2v) is 10.4. The molecule has 0 aliphatic rings. The summed E-state index contributed by atoms with van der Waals surface area (Å²) in [5.74, 6) is 0.